The summed E-state index contributed by atoms with van der Waals surface area (Å²) in [4.78, 5) is 32.3. The molecule has 0 spiro atoms. The Hall–Kier alpha value is -2.78. The van der Waals surface area contributed by atoms with E-state index in [4.69, 9.17) is 4.74 Å². The standard InChI is InChI=1S/C24H30FN5O3/c1-27-15-26-22-21(27)23(31)30(24(32)28(22)2)11-5-10-29-17-8-9-18(29)13-19(12-17)33-14-16-6-3-4-7-20(16)25/h3-4,6-7,15,17-19H,5,8-14H2,1-2H3. The van der Waals surface area contributed by atoms with Crippen LogP contribution < -0.4 is 11.2 Å². The van der Waals surface area contributed by atoms with E-state index in [0.29, 0.717) is 42.0 Å². The van der Waals surface area contributed by atoms with Crippen molar-refractivity contribution >= 4 is 11.2 Å². The predicted octanol–water partition coefficient (Wildman–Crippen LogP) is 2.18. The van der Waals surface area contributed by atoms with Gasteiger partial charge in [-0.1, -0.05) is 18.2 Å². The third-order valence-corrected chi connectivity index (χ3v) is 7.27. The first-order chi connectivity index (χ1) is 15.9. The van der Waals surface area contributed by atoms with Crippen LogP contribution in [0.2, 0.25) is 0 Å². The van der Waals surface area contributed by atoms with Gasteiger partial charge in [0.25, 0.3) is 5.56 Å². The molecule has 0 aliphatic carbocycles. The first-order valence-electron chi connectivity index (χ1n) is 11.7. The summed E-state index contributed by atoms with van der Waals surface area (Å²) in [7, 11) is 3.42. The Morgan fingerprint density at radius 1 is 1.09 bits per heavy atom. The van der Waals surface area contributed by atoms with Crippen molar-refractivity contribution < 1.29 is 9.13 Å². The van der Waals surface area contributed by atoms with Gasteiger partial charge in [-0.15, -0.1) is 0 Å². The van der Waals surface area contributed by atoms with Crippen LogP contribution in [0.5, 0.6) is 0 Å². The van der Waals surface area contributed by atoms with Crippen LogP contribution in [0.3, 0.4) is 0 Å². The minimum absolute atomic E-state index is 0.139. The Balaban J connectivity index is 1.20. The van der Waals surface area contributed by atoms with E-state index >= 15 is 0 Å². The van der Waals surface area contributed by atoms with Crippen molar-refractivity contribution in [1.82, 2.24) is 23.6 Å². The SMILES string of the molecule is Cn1cnc2c1c(=O)n(CCCN1C3CCC1CC(OCc1ccccc1F)C3)c(=O)n2C. The van der Waals surface area contributed by atoms with Crippen LogP contribution in [0.4, 0.5) is 4.39 Å². The molecule has 2 aromatic heterocycles. The van der Waals surface area contributed by atoms with Gasteiger partial charge >= 0.3 is 5.69 Å². The third kappa shape index (κ3) is 4.04. The molecule has 176 valence electrons. The Morgan fingerprint density at radius 2 is 1.82 bits per heavy atom. The lowest BCUT2D eigenvalue weighted by molar-refractivity contribution is -0.0293. The first kappa shape index (κ1) is 22.0. The lowest BCUT2D eigenvalue weighted by Gasteiger charge is -2.39. The zero-order valence-corrected chi connectivity index (χ0v) is 19.1. The van der Waals surface area contributed by atoms with E-state index in [2.05, 4.69) is 9.88 Å². The minimum Gasteiger partial charge on any atom is -0.373 e. The van der Waals surface area contributed by atoms with Crippen LogP contribution in [0.1, 0.15) is 37.7 Å². The summed E-state index contributed by atoms with van der Waals surface area (Å²) >= 11 is 0. The highest BCUT2D eigenvalue weighted by atomic mass is 19.1. The second kappa shape index (κ2) is 8.87. The van der Waals surface area contributed by atoms with Crippen LogP contribution in [-0.2, 0) is 32.0 Å². The fourth-order valence-corrected chi connectivity index (χ4v) is 5.55. The van der Waals surface area contributed by atoms with Crippen LogP contribution in [0.15, 0.2) is 40.2 Å². The van der Waals surface area contributed by atoms with Crippen LogP contribution in [0, 0.1) is 5.82 Å². The Labute approximate surface area is 191 Å². The topological polar surface area (TPSA) is 74.3 Å². The number of piperidine rings is 1. The normalized spacial score (nSPS) is 22.9. The Morgan fingerprint density at radius 3 is 2.55 bits per heavy atom. The maximum atomic E-state index is 13.9. The molecule has 0 amide bonds. The van der Waals surface area contributed by atoms with Crippen LogP contribution >= 0.6 is 0 Å². The molecule has 8 nitrogen and oxygen atoms in total. The number of benzene rings is 1. The second-order valence-corrected chi connectivity index (χ2v) is 9.30. The molecule has 0 radical (unpaired) electrons. The quantitative estimate of drug-likeness (QED) is 0.546. The molecule has 1 aromatic carbocycles. The van der Waals surface area contributed by atoms with E-state index in [0.717, 1.165) is 38.6 Å². The number of aromatic nitrogens is 4. The highest BCUT2D eigenvalue weighted by molar-refractivity contribution is 5.69. The van der Waals surface area contributed by atoms with E-state index in [-0.39, 0.29) is 23.2 Å². The van der Waals surface area contributed by atoms with Gasteiger partial charge in [0.2, 0.25) is 0 Å². The molecule has 5 rings (SSSR count). The third-order valence-electron chi connectivity index (χ3n) is 7.27. The number of hydrogen-bond donors (Lipinski definition) is 0. The van der Waals surface area contributed by atoms with E-state index in [1.54, 1.807) is 37.1 Å². The van der Waals surface area contributed by atoms with Gasteiger partial charge in [0.1, 0.15) is 5.82 Å². The highest BCUT2D eigenvalue weighted by Crippen LogP contribution is 2.37. The van der Waals surface area contributed by atoms with Gasteiger partial charge in [-0.3, -0.25) is 18.8 Å². The fourth-order valence-electron chi connectivity index (χ4n) is 5.55. The number of nitrogens with zero attached hydrogens (tertiary/aromatic N) is 5. The summed E-state index contributed by atoms with van der Waals surface area (Å²) in [6.45, 7) is 1.53. The number of imidazole rings is 1. The van der Waals surface area contributed by atoms with Crippen molar-refractivity contribution in [2.24, 2.45) is 14.1 Å². The monoisotopic (exact) mass is 455 g/mol. The number of rotatable bonds is 7. The van der Waals surface area contributed by atoms with E-state index in [1.807, 2.05) is 6.07 Å². The molecule has 0 saturated carbocycles. The zero-order chi connectivity index (χ0) is 23.1. The molecule has 0 N–H and O–H groups in total. The molecule has 2 saturated heterocycles. The number of ether oxygens (including phenoxy) is 1. The van der Waals surface area contributed by atoms with Gasteiger partial charge in [-0.2, -0.15) is 0 Å². The molecule has 2 aliphatic heterocycles. The molecule has 2 fully saturated rings. The van der Waals surface area contributed by atoms with Crippen molar-refractivity contribution in [3.8, 4) is 0 Å². The number of aryl methyl sites for hydroxylation is 2. The first-order valence-corrected chi connectivity index (χ1v) is 11.7. The molecule has 33 heavy (non-hydrogen) atoms. The molecule has 9 heteroatoms. The lowest BCUT2D eigenvalue weighted by Crippen LogP contribution is -2.46. The highest BCUT2D eigenvalue weighted by Gasteiger charge is 2.40. The summed E-state index contributed by atoms with van der Waals surface area (Å²) in [5, 5.41) is 0. The molecule has 2 bridgehead atoms. The number of hydrogen-bond acceptors (Lipinski definition) is 5. The average Bonchev–Trinajstić information content (AvgIpc) is 3.30. The molecule has 2 unspecified atom stereocenters. The summed E-state index contributed by atoms with van der Waals surface area (Å²) in [6.07, 6.45) is 6.57. The van der Waals surface area contributed by atoms with E-state index in [1.165, 1.54) is 15.2 Å². The molecular weight excluding hydrogens is 425 g/mol. The van der Waals surface area contributed by atoms with Crippen molar-refractivity contribution in [1.29, 1.82) is 0 Å². The molecule has 3 aromatic rings. The van der Waals surface area contributed by atoms with Gasteiger partial charge in [-0.05, 0) is 38.2 Å². The average molecular weight is 456 g/mol. The van der Waals surface area contributed by atoms with Gasteiger partial charge in [0, 0.05) is 44.8 Å². The summed E-state index contributed by atoms with van der Waals surface area (Å²) in [5.74, 6) is -0.219. The van der Waals surface area contributed by atoms with Crippen molar-refractivity contribution in [2.45, 2.75) is 63.4 Å². The van der Waals surface area contributed by atoms with Crippen LogP contribution in [-0.4, -0.2) is 48.3 Å². The number of fused-ring (bicyclic) bond motifs is 3. The maximum Gasteiger partial charge on any atom is 0.332 e. The Bertz CT molecular complexity index is 1270. The zero-order valence-electron chi connectivity index (χ0n) is 19.1. The maximum absolute atomic E-state index is 13.9. The minimum atomic E-state index is -0.325. The smallest absolute Gasteiger partial charge is 0.332 e. The second-order valence-electron chi connectivity index (χ2n) is 9.30. The van der Waals surface area contributed by atoms with Crippen LogP contribution in [0.25, 0.3) is 11.2 Å². The Kier molecular flexibility index (Phi) is 5.92. The fraction of sp³-hybridized carbons (Fsp3) is 0.542. The molecule has 2 aliphatic rings. The molecular formula is C24H30FN5O3. The largest absolute Gasteiger partial charge is 0.373 e. The van der Waals surface area contributed by atoms with Gasteiger partial charge < -0.3 is 9.30 Å². The van der Waals surface area contributed by atoms with E-state index < -0.39 is 0 Å². The van der Waals surface area contributed by atoms with Crippen molar-refractivity contribution in [3.63, 3.8) is 0 Å². The van der Waals surface area contributed by atoms with Crippen molar-refractivity contribution in [3.05, 3.63) is 62.8 Å². The summed E-state index contributed by atoms with van der Waals surface area (Å²) in [6, 6.07) is 7.64. The predicted molar refractivity (Wildman–Crippen MR) is 123 cm³/mol. The van der Waals surface area contributed by atoms with Crippen molar-refractivity contribution in [2.75, 3.05) is 6.54 Å². The summed E-state index contributed by atoms with van der Waals surface area (Å²) in [5.41, 5.74) is 0.861. The van der Waals surface area contributed by atoms with Gasteiger partial charge in [0.15, 0.2) is 11.2 Å². The van der Waals surface area contributed by atoms with E-state index in [9.17, 15) is 14.0 Å². The van der Waals surface area contributed by atoms with Gasteiger partial charge in [-0.25, -0.2) is 14.2 Å². The molecule has 2 atom stereocenters. The lowest BCUT2D eigenvalue weighted by atomic mass is 9.99. The number of halogens is 1. The molecule has 4 heterocycles. The summed E-state index contributed by atoms with van der Waals surface area (Å²) < 4.78 is 24.4. The van der Waals surface area contributed by atoms with Gasteiger partial charge in [0.05, 0.1) is 19.0 Å².